The molecular formula is C15H26N2O4. The van der Waals surface area contributed by atoms with Crippen LogP contribution in [0.3, 0.4) is 0 Å². The number of aliphatic carboxylic acids is 1. The average Bonchev–Trinajstić information content (AvgIpc) is 2.80. The Morgan fingerprint density at radius 3 is 2.48 bits per heavy atom. The van der Waals surface area contributed by atoms with Gasteiger partial charge in [-0.15, -0.1) is 0 Å². The molecule has 2 rings (SSSR count). The average molecular weight is 298 g/mol. The molecule has 0 spiro atoms. The molecule has 120 valence electrons. The third kappa shape index (κ3) is 2.07. The Morgan fingerprint density at radius 1 is 1.38 bits per heavy atom. The van der Waals surface area contributed by atoms with E-state index in [-0.39, 0.29) is 12.0 Å². The monoisotopic (exact) mass is 298 g/mol. The minimum atomic E-state index is -1.14. The summed E-state index contributed by atoms with van der Waals surface area (Å²) in [6.45, 7) is 8.39. The van der Waals surface area contributed by atoms with Gasteiger partial charge >= 0.3 is 5.97 Å². The van der Waals surface area contributed by atoms with Gasteiger partial charge in [-0.1, -0.05) is 13.8 Å². The van der Waals surface area contributed by atoms with Crippen LogP contribution in [0.1, 0.15) is 47.0 Å². The summed E-state index contributed by atoms with van der Waals surface area (Å²) >= 11 is 0. The van der Waals surface area contributed by atoms with E-state index in [1.54, 1.807) is 6.92 Å². The second-order valence-corrected chi connectivity index (χ2v) is 6.98. The van der Waals surface area contributed by atoms with Gasteiger partial charge in [0.05, 0.1) is 6.10 Å². The summed E-state index contributed by atoms with van der Waals surface area (Å²) in [4.78, 5) is 25.9. The van der Waals surface area contributed by atoms with E-state index in [4.69, 9.17) is 10.5 Å². The topological polar surface area (TPSA) is 92.9 Å². The highest BCUT2D eigenvalue weighted by Crippen LogP contribution is 2.51. The van der Waals surface area contributed by atoms with Crippen LogP contribution in [-0.2, 0) is 14.3 Å². The van der Waals surface area contributed by atoms with E-state index in [0.717, 1.165) is 0 Å². The summed E-state index contributed by atoms with van der Waals surface area (Å²) in [6, 6.07) is 0. The number of hydrogen-bond donors (Lipinski definition) is 2. The molecule has 21 heavy (non-hydrogen) atoms. The Morgan fingerprint density at radius 2 is 2.00 bits per heavy atom. The Balaban J connectivity index is 2.23. The molecular weight excluding hydrogens is 272 g/mol. The number of hydrogen-bond acceptors (Lipinski definition) is 4. The number of amides is 1. The maximum Gasteiger partial charge on any atom is 0.329 e. The number of carbonyl (C=O) groups is 2. The molecule has 0 aromatic rings. The molecule has 1 saturated heterocycles. The summed E-state index contributed by atoms with van der Waals surface area (Å²) in [7, 11) is 0. The third-order valence-electron chi connectivity index (χ3n) is 5.56. The Hall–Kier alpha value is -1.14. The molecule has 6 heteroatoms. The van der Waals surface area contributed by atoms with Crippen LogP contribution in [0.2, 0.25) is 0 Å². The standard InChI is InChI=1S/C15H26N2O4/c1-5-21-10-9-15(16,13(10,2)3)11(18)17-8-6-7-14(17,4)12(19)20/h10H,5-9,16H2,1-4H3,(H,19,20). The maximum atomic E-state index is 12.9. The third-order valence-corrected chi connectivity index (χ3v) is 5.56. The van der Waals surface area contributed by atoms with Crippen LogP contribution >= 0.6 is 0 Å². The molecule has 0 radical (unpaired) electrons. The first-order valence-electron chi connectivity index (χ1n) is 7.57. The van der Waals surface area contributed by atoms with Crippen molar-refractivity contribution in [1.29, 1.82) is 0 Å². The highest BCUT2D eigenvalue weighted by atomic mass is 16.5. The number of likely N-dealkylation sites (tertiary alicyclic amines) is 1. The van der Waals surface area contributed by atoms with Gasteiger partial charge in [0, 0.05) is 25.0 Å². The minimum absolute atomic E-state index is 0.0601. The quantitative estimate of drug-likeness (QED) is 0.807. The van der Waals surface area contributed by atoms with Crippen molar-refractivity contribution < 1.29 is 19.4 Å². The SMILES string of the molecule is CCOC1CC(N)(C(=O)N2CCCC2(C)C(=O)O)C1(C)C. The fourth-order valence-corrected chi connectivity index (χ4v) is 3.55. The van der Waals surface area contributed by atoms with E-state index in [0.29, 0.717) is 32.4 Å². The van der Waals surface area contributed by atoms with Crippen LogP contribution in [0, 0.1) is 5.41 Å². The normalized spacial score (nSPS) is 38.1. The van der Waals surface area contributed by atoms with Crippen molar-refractivity contribution in [3.8, 4) is 0 Å². The van der Waals surface area contributed by atoms with Crippen LogP contribution in [0.25, 0.3) is 0 Å². The van der Waals surface area contributed by atoms with Gasteiger partial charge in [-0.25, -0.2) is 4.79 Å². The molecule has 3 atom stereocenters. The highest BCUT2D eigenvalue weighted by molar-refractivity contribution is 5.94. The lowest BCUT2D eigenvalue weighted by Crippen LogP contribution is -2.77. The van der Waals surface area contributed by atoms with Gasteiger partial charge < -0.3 is 20.5 Å². The van der Waals surface area contributed by atoms with E-state index in [1.165, 1.54) is 4.90 Å². The van der Waals surface area contributed by atoms with Crippen LogP contribution in [0.15, 0.2) is 0 Å². The van der Waals surface area contributed by atoms with Gasteiger partial charge in [0.2, 0.25) is 5.91 Å². The molecule has 2 aliphatic rings. The second-order valence-electron chi connectivity index (χ2n) is 6.98. The van der Waals surface area contributed by atoms with E-state index in [2.05, 4.69) is 0 Å². The van der Waals surface area contributed by atoms with E-state index in [9.17, 15) is 14.7 Å². The molecule has 3 unspecified atom stereocenters. The first kappa shape index (κ1) is 16.2. The van der Waals surface area contributed by atoms with Crippen LogP contribution in [-0.4, -0.2) is 52.2 Å². The lowest BCUT2D eigenvalue weighted by atomic mass is 9.54. The first-order chi connectivity index (χ1) is 9.61. The Labute approximate surface area is 125 Å². The molecule has 1 aliphatic heterocycles. The van der Waals surface area contributed by atoms with Crippen molar-refractivity contribution in [2.45, 2.75) is 64.1 Å². The summed E-state index contributed by atoms with van der Waals surface area (Å²) in [5, 5.41) is 9.46. The molecule has 0 aromatic carbocycles. The zero-order valence-electron chi connectivity index (χ0n) is 13.3. The van der Waals surface area contributed by atoms with Crippen molar-refractivity contribution in [1.82, 2.24) is 4.90 Å². The van der Waals surface area contributed by atoms with E-state index in [1.807, 2.05) is 20.8 Å². The summed E-state index contributed by atoms with van der Waals surface area (Å²) in [6.07, 6.45) is 1.55. The number of rotatable bonds is 4. The smallest absolute Gasteiger partial charge is 0.329 e. The van der Waals surface area contributed by atoms with E-state index < -0.39 is 22.5 Å². The highest BCUT2D eigenvalue weighted by Gasteiger charge is 2.65. The molecule has 1 amide bonds. The summed E-state index contributed by atoms with van der Waals surface area (Å²) in [5.41, 5.74) is 3.69. The van der Waals surface area contributed by atoms with Crippen molar-refractivity contribution in [3.63, 3.8) is 0 Å². The summed E-state index contributed by atoms with van der Waals surface area (Å²) in [5.74, 6) is -1.22. The first-order valence-corrected chi connectivity index (χ1v) is 7.57. The minimum Gasteiger partial charge on any atom is -0.480 e. The molecule has 1 heterocycles. The maximum absolute atomic E-state index is 12.9. The molecule has 1 aliphatic carbocycles. The Kier molecular flexibility index (Phi) is 3.83. The predicted molar refractivity (Wildman–Crippen MR) is 77.7 cm³/mol. The Bertz CT molecular complexity index is 465. The molecule has 0 aromatic heterocycles. The van der Waals surface area contributed by atoms with Gasteiger partial charge in [0.1, 0.15) is 11.1 Å². The van der Waals surface area contributed by atoms with Crippen molar-refractivity contribution in [2.75, 3.05) is 13.2 Å². The fraction of sp³-hybridized carbons (Fsp3) is 0.867. The van der Waals surface area contributed by atoms with E-state index >= 15 is 0 Å². The van der Waals surface area contributed by atoms with Gasteiger partial charge in [0.25, 0.3) is 0 Å². The van der Waals surface area contributed by atoms with Crippen molar-refractivity contribution >= 4 is 11.9 Å². The second kappa shape index (κ2) is 4.95. The lowest BCUT2D eigenvalue weighted by molar-refractivity contribution is -0.185. The number of nitrogens with zero attached hydrogens (tertiary/aromatic N) is 1. The predicted octanol–water partition coefficient (Wildman–Crippen LogP) is 0.985. The van der Waals surface area contributed by atoms with Crippen LogP contribution in [0.5, 0.6) is 0 Å². The molecule has 3 N–H and O–H groups in total. The van der Waals surface area contributed by atoms with Gasteiger partial charge in [-0.05, 0) is 26.7 Å². The molecule has 0 bridgehead atoms. The number of ether oxygens (including phenoxy) is 1. The molecule has 1 saturated carbocycles. The van der Waals surface area contributed by atoms with Gasteiger partial charge in [-0.2, -0.15) is 0 Å². The number of nitrogens with two attached hydrogens (primary N) is 1. The zero-order chi connectivity index (χ0) is 16.1. The van der Waals surface area contributed by atoms with Crippen LogP contribution in [0.4, 0.5) is 0 Å². The molecule has 2 fully saturated rings. The van der Waals surface area contributed by atoms with Gasteiger partial charge in [-0.3, -0.25) is 4.79 Å². The lowest BCUT2D eigenvalue weighted by Gasteiger charge is -2.59. The molecule has 6 nitrogen and oxygen atoms in total. The largest absolute Gasteiger partial charge is 0.480 e. The van der Waals surface area contributed by atoms with Crippen molar-refractivity contribution in [2.24, 2.45) is 11.1 Å². The zero-order valence-corrected chi connectivity index (χ0v) is 13.3. The number of carboxylic acids is 1. The number of carbonyl (C=O) groups excluding carboxylic acids is 1. The van der Waals surface area contributed by atoms with Crippen molar-refractivity contribution in [3.05, 3.63) is 0 Å². The fourth-order valence-electron chi connectivity index (χ4n) is 3.55. The summed E-state index contributed by atoms with van der Waals surface area (Å²) < 4.78 is 5.63. The van der Waals surface area contributed by atoms with Gasteiger partial charge in [0.15, 0.2) is 0 Å². The number of carboxylic acid groups (broad SMARTS) is 1. The van der Waals surface area contributed by atoms with Crippen LogP contribution < -0.4 is 5.73 Å².